The number of halogens is 9. The maximum Gasteiger partial charge on any atom is 0.490 e. The summed E-state index contributed by atoms with van der Waals surface area (Å²) < 4.78 is 95.2. The Labute approximate surface area is 254 Å². The van der Waals surface area contributed by atoms with Gasteiger partial charge in [0, 0.05) is 31.7 Å². The molecule has 0 saturated carbocycles. The Kier molecular flexibility index (Phi) is 14.4. The predicted molar refractivity (Wildman–Crippen MR) is 137 cm³/mol. The number of nitrogens with zero attached hydrogens (tertiary/aromatic N) is 4. The van der Waals surface area contributed by atoms with Crippen LogP contribution < -0.4 is 0 Å². The number of amides is 1. The second kappa shape index (κ2) is 16.7. The number of aromatic nitrogens is 2. The molecule has 1 amide bonds. The Hall–Kier alpha value is -4.49. The third-order valence-corrected chi connectivity index (χ3v) is 6.38. The van der Waals surface area contributed by atoms with Gasteiger partial charge in [0.2, 0.25) is 5.91 Å². The first-order valence-electron chi connectivity index (χ1n) is 12.8. The fourth-order valence-electron chi connectivity index (χ4n) is 4.08. The molecule has 4 rings (SSSR count). The molecule has 4 heterocycles. The molecule has 2 fully saturated rings. The van der Waals surface area contributed by atoms with Crippen molar-refractivity contribution in [1.82, 2.24) is 19.8 Å². The summed E-state index contributed by atoms with van der Waals surface area (Å²) in [5, 5.41) is 21.4. The summed E-state index contributed by atoms with van der Waals surface area (Å²) in [6.45, 7) is 4.43. The first kappa shape index (κ1) is 39.5. The second-order valence-electron chi connectivity index (χ2n) is 9.62. The second-order valence-corrected chi connectivity index (χ2v) is 9.62. The summed E-state index contributed by atoms with van der Waals surface area (Å²) in [4.78, 5) is 52.6. The minimum absolute atomic E-state index is 0.135. The summed E-state index contributed by atoms with van der Waals surface area (Å²) in [6, 6.07) is 10.0. The molecule has 2 saturated heterocycles. The summed E-state index contributed by atoms with van der Waals surface area (Å²) in [5.41, 5.74) is 2.13. The molecule has 46 heavy (non-hydrogen) atoms. The number of hydrogen-bond donors (Lipinski definition) is 3. The number of carbonyl (C=O) groups excluding carboxylic acids is 1. The molecule has 2 aromatic heterocycles. The number of hydrogen-bond acceptors (Lipinski definition) is 7. The molecule has 2 aliphatic heterocycles. The lowest BCUT2D eigenvalue weighted by Crippen LogP contribution is -2.44. The van der Waals surface area contributed by atoms with Gasteiger partial charge in [-0.1, -0.05) is 6.07 Å². The monoisotopic (exact) mass is 678 g/mol. The van der Waals surface area contributed by atoms with Crippen molar-refractivity contribution < 1.29 is 74.0 Å². The standard InChI is InChI=1S/C20H24N4O.3C2HF3O2/c25-19-20(8-14-24(19)16-18-3-1-2-9-22-18)6-12-23(13-7-20)15-17-4-10-21-11-5-17;3*3-2(4,5)1(6)7/h1-5,9-11H,6-8,12-16H2;3*(H,6,7). The highest BCUT2D eigenvalue weighted by Gasteiger charge is 2.48. The molecule has 20 heteroatoms. The SMILES string of the molecule is O=C(O)C(F)(F)F.O=C(O)C(F)(F)F.O=C(O)C(F)(F)F.O=C1N(Cc2ccccn2)CCC12CCN(Cc1ccncc1)CC2. The van der Waals surface area contributed by atoms with Gasteiger partial charge in [-0.15, -0.1) is 0 Å². The fourth-order valence-corrected chi connectivity index (χ4v) is 4.08. The van der Waals surface area contributed by atoms with Crippen molar-refractivity contribution in [3.63, 3.8) is 0 Å². The van der Waals surface area contributed by atoms with E-state index < -0.39 is 36.4 Å². The van der Waals surface area contributed by atoms with Crippen LogP contribution in [-0.2, 0) is 32.3 Å². The lowest BCUT2D eigenvalue weighted by Gasteiger charge is -2.38. The molecule has 0 aromatic carbocycles. The van der Waals surface area contributed by atoms with E-state index in [1.54, 1.807) is 6.20 Å². The summed E-state index contributed by atoms with van der Waals surface area (Å²) in [5.74, 6) is -7.94. The van der Waals surface area contributed by atoms with Gasteiger partial charge in [0.15, 0.2) is 0 Å². The molecule has 0 bridgehead atoms. The van der Waals surface area contributed by atoms with Gasteiger partial charge in [0.1, 0.15) is 0 Å². The van der Waals surface area contributed by atoms with Crippen LogP contribution in [0.2, 0.25) is 0 Å². The van der Waals surface area contributed by atoms with Gasteiger partial charge >= 0.3 is 36.4 Å². The van der Waals surface area contributed by atoms with E-state index in [1.807, 2.05) is 35.5 Å². The molecular weight excluding hydrogens is 651 g/mol. The van der Waals surface area contributed by atoms with Crippen molar-refractivity contribution in [3.05, 3.63) is 60.2 Å². The molecule has 0 unspecified atom stereocenters. The lowest BCUT2D eigenvalue weighted by molar-refractivity contribution is -0.193. The highest BCUT2D eigenvalue weighted by atomic mass is 19.4. The van der Waals surface area contributed by atoms with E-state index >= 15 is 0 Å². The minimum atomic E-state index is -5.08. The number of likely N-dealkylation sites (tertiary alicyclic amines) is 2. The Bertz CT molecular complexity index is 1230. The number of aliphatic carboxylic acids is 3. The number of piperidine rings is 1. The average Bonchev–Trinajstić information content (AvgIpc) is 3.25. The lowest BCUT2D eigenvalue weighted by atomic mass is 9.77. The van der Waals surface area contributed by atoms with Gasteiger partial charge in [0.05, 0.1) is 17.7 Å². The average molecular weight is 679 g/mol. The number of alkyl halides is 9. The summed E-state index contributed by atoms with van der Waals surface area (Å²) in [7, 11) is 0. The van der Waals surface area contributed by atoms with Gasteiger partial charge in [0.25, 0.3) is 0 Å². The zero-order chi connectivity index (χ0) is 35.3. The molecular formula is C26H27F9N4O7. The van der Waals surface area contributed by atoms with E-state index in [1.165, 1.54) is 5.56 Å². The third kappa shape index (κ3) is 13.7. The molecule has 0 atom stereocenters. The maximum absolute atomic E-state index is 13.0. The van der Waals surface area contributed by atoms with Crippen LogP contribution >= 0.6 is 0 Å². The smallest absolute Gasteiger partial charge is 0.475 e. The Morgan fingerprint density at radius 2 is 1.13 bits per heavy atom. The van der Waals surface area contributed by atoms with Crippen molar-refractivity contribution in [1.29, 1.82) is 0 Å². The van der Waals surface area contributed by atoms with E-state index in [4.69, 9.17) is 29.7 Å². The van der Waals surface area contributed by atoms with E-state index in [-0.39, 0.29) is 5.41 Å². The summed E-state index contributed by atoms with van der Waals surface area (Å²) >= 11 is 0. The van der Waals surface area contributed by atoms with Crippen LogP contribution in [0, 0.1) is 5.41 Å². The number of pyridine rings is 2. The van der Waals surface area contributed by atoms with Crippen molar-refractivity contribution in [3.8, 4) is 0 Å². The zero-order valence-corrected chi connectivity index (χ0v) is 23.4. The van der Waals surface area contributed by atoms with Crippen LogP contribution in [0.15, 0.2) is 48.9 Å². The van der Waals surface area contributed by atoms with Crippen molar-refractivity contribution in [2.75, 3.05) is 19.6 Å². The van der Waals surface area contributed by atoms with E-state index in [0.717, 1.165) is 51.1 Å². The highest BCUT2D eigenvalue weighted by molar-refractivity contribution is 5.85. The van der Waals surface area contributed by atoms with Gasteiger partial charge in [-0.25, -0.2) is 14.4 Å². The van der Waals surface area contributed by atoms with Gasteiger partial charge in [-0.3, -0.25) is 19.7 Å². The fraction of sp³-hybridized carbons (Fsp3) is 0.462. The number of carboxylic acid groups (broad SMARTS) is 3. The summed E-state index contributed by atoms with van der Waals surface area (Å²) in [6.07, 6.45) is -6.84. The molecule has 1 spiro atoms. The molecule has 11 nitrogen and oxygen atoms in total. The van der Waals surface area contributed by atoms with Gasteiger partial charge < -0.3 is 20.2 Å². The highest BCUT2D eigenvalue weighted by Crippen LogP contribution is 2.42. The molecule has 256 valence electrons. The topological polar surface area (TPSA) is 161 Å². The quantitative estimate of drug-likeness (QED) is 0.396. The maximum atomic E-state index is 13.0. The van der Waals surface area contributed by atoms with Gasteiger partial charge in [-0.2, -0.15) is 39.5 Å². The van der Waals surface area contributed by atoms with Crippen LogP contribution in [0.3, 0.4) is 0 Å². The van der Waals surface area contributed by atoms with Crippen LogP contribution in [0.25, 0.3) is 0 Å². The van der Waals surface area contributed by atoms with Crippen LogP contribution in [0.4, 0.5) is 39.5 Å². The van der Waals surface area contributed by atoms with Crippen molar-refractivity contribution in [2.45, 2.75) is 50.9 Å². The van der Waals surface area contributed by atoms with Crippen LogP contribution in [0.5, 0.6) is 0 Å². The van der Waals surface area contributed by atoms with E-state index in [2.05, 4.69) is 27.0 Å². The third-order valence-electron chi connectivity index (χ3n) is 6.38. The number of carbonyl (C=O) groups is 4. The molecule has 2 aliphatic rings. The first-order chi connectivity index (χ1) is 21.1. The van der Waals surface area contributed by atoms with Crippen LogP contribution in [0.1, 0.15) is 30.5 Å². The van der Waals surface area contributed by atoms with Crippen molar-refractivity contribution in [2.24, 2.45) is 5.41 Å². The van der Waals surface area contributed by atoms with Crippen molar-refractivity contribution >= 4 is 23.8 Å². The largest absolute Gasteiger partial charge is 0.490 e. The van der Waals surface area contributed by atoms with E-state index in [9.17, 15) is 44.3 Å². The Balaban J connectivity index is 0.000000413. The first-order valence-corrected chi connectivity index (χ1v) is 12.8. The zero-order valence-electron chi connectivity index (χ0n) is 23.4. The van der Waals surface area contributed by atoms with E-state index in [0.29, 0.717) is 12.5 Å². The number of carboxylic acids is 3. The molecule has 0 aliphatic carbocycles. The Morgan fingerprint density at radius 3 is 1.52 bits per heavy atom. The number of rotatable bonds is 4. The molecule has 0 radical (unpaired) electrons. The molecule has 3 N–H and O–H groups in total. The molecule has 2 aromatic rings. The van der Waals surface area contributed by atoms with Crippen LogP contribution in [-0.4, -0.2) is 97.1 Å². The Morgan fingerprint density at radius 1 is 0.696 bits per heavy atom. The minimum Gasteiger partial charge on any atom is -0.475 e. The predicted octanol–water partition coefficient (Wildman–Crippen LogP) is 4.39. The normalized spacial score (nSPS) is 16.2. The van der Waals surface area contributed by atoms with Gasteiger partial charge in [-0.05, 0) is 62.2 Å².